The van der Waals surface area contributed by atoms with Crippen molar-refractivity contribution in [1.82, 2.24) is 19.9 Å². The van der Waals surface area contributed by atoms with Gasteiger partial charge in [0.05, 0.1) is 19.3 Å². The zero-order valence-corrected chi connectivity index (χ0v) is 11.3. The zero-order chi connectivity index (χ0) is 13.7. The fourth-order valence-electron chi connectivity index (χ4n) is 2.42. The maximum Gasteiger partial charge on any atom is 0.276 e. The Bertz CT molecular complexity index is 418. The summed E-state index contributed by atoms with van der Waals surface area (Å²) < 4.78 is 6.77. The number of rotatable bonds is 5. The lowest BCUT2D eigenvalue weighted by atomic mass is 9.99. The summed E-state index contributed by atoms with van der Waals surface area (Å²) in [6, 6.07) is 0. The summed E-state index contributed by atoms with van der Waals surface area (Å²) >= 11 is 0. The minimum atomic E-state index is -0.0518. The monoisotopic (exact) mass is 267 g/mol. The van der Waals surface area contributed by atoms with Gasteiger partial charge >= 0.3 is 0 Å². The standard InChI is InChI=1S/C12H21N5O2/c1-19-9-10-3-2-5-16(7-10)12(18)11-8-17(6-4-13)15-14-11/h8,10H,2-7,9,13H2,1H3. The second kappa shape index (κ2) is 6.63. The van der Waals surface area contributed by atoms with Gasteiger partial charge in [-0.3, -0.25) is 9.48 Å². The fourth-order valence-corrected chi connectivity index (χ4v) is 2.42. The highest BCUT2D eigenvalue weighted by Crippen LogP contribution is 2.18. The van der Waals surface area contributed by atoms with Crippen LogP contribution in [0.15, 0.2) is 6.20 Å². The summed E-state index contributed by atoms with van der Waals surface area (Å²) in [6.45, 7) is 3.27. The Labute approximate surface area is 112 Å². The molecule has 1 fully saturated rings. The van der Waals surface area contributed by atoms with Crippen LogP contribution in [-0.4, -0.2) is 59.2 Å². The van der Waals surface area contributed by atoms with Crippen molar-refractivity contribution in [2.75, 3.05) is 33.4 Å². The van der Waals surface area contributed by atoms with Crippen molar-refractivity contribution in [3.8, 4) is 0 Å². The largest absolute Gasteiger partial charge is 0.384 e. The lowest BCUT2D eigenvalue weighted by Gasteiger charge is -2.31. The summed E-state index contributed by atoms with van der Waals surface area (Å²) in [4.78, 5) is 14.1. The van der Waals surface area contributed by atoms with Crippen molar-refractivity contribution in [2.45, 2.75) is 19.4 Å². The molecule has 106 valence electrons. The third-order valence-corrected chi connectivity index (χ3v) is 3.32. The van der Waals surface area contributed by atoms with Crippen molar-refractivity contribution >= 4 is 5.91 Å². The van der Waals surface area contributed by atoms with Crippen LogP contribution in [0.4, 0.5) is 0 Å². The molecule has 0 radical (unpaired) electrons. The molecule has 1 aliphatic heterocycles. The summed E-state index contributed by atoms with van der Waals surface area (Å²) in [5.41, 5.74) is 5.84. The molecule has 1 atom stereocenters. The lowest BCUT2D eigenvalue weighted by molar-refractivity contribution is 0.0565. The van der Waals surface area contributed by atoms with Gasteiger partial charge in [-0.1, -0.05) is 5.21 Å². The second-order valence-electron chi connectivity index (χ2n) is 4.87. The minimum absolute atomic E-state index is 0.0518. The number of likely N-dealkylation sites (tertiary alicyclic amines) is 1. The highest BCUT2D eigenvalue weighted by atomic mass is 16.5. The Kier molecular flexibility index (Phi) is 4.86. The highest BCUT2D eigenvalue weighted by Gasteiger charge is 2.25. The van der Waals surface area contributed by atoms with Crippen molar-refractivity contribution in [3.05, 3.63) is 11.9 Å². The van der Waals surface area contributed by atoms with Crippen LogP contribution >= 0.6 is 0 Å². The number of hydrogen-bond acceptors (Lipinski definition) is 5. The molecule has 2 rings (SSSR count). The van der Waals surface area contributed by atoms with E-state index in [1.807, 2.05) is 4.90 Å². The molecular weight excluding hydrogens is 246 g/mol. The molecule has 1 saturated heterocycles. The Morgan fingerprint density at radius 2 is 2.47 bits per heavy atom. The van der Waals surface area contributed by atoms with Crippen LogP contribution in [0, 0.1) is 5.92 Å². The zero-order valence-electron chi connectivity index (χ0n) is 11.3. The van der Waals surface area contributed by atoms with Crippen LogP contribution in [0.25, 0.3) is 0 Å². The molecule has 1 aromatic heterocycles. The molecule has 7 heteroatoms. The number of nitrogens with two attached hydrogens (primary N) is 1. The Morgan fingerprint density at radius 1 is 1.63 bits per heavy atom. The SMILES string of the molecule is COCC1CCCN(C(=O)c2cn(CCN)nn2)C1. The van der Waals surface area contributed by atoms with Crippen LogP contribution in [0.5, 0.6) is 0 Å². The molecule has 0 saturated carbocycles. The van der Waals surface area contributed by atoms with Crippen LogP contribution in [0.1, 0.15) is 23.3 Å². The van der Waals surface area contributed by atoms with E-state index in [0.717, 1.165) is 25.9 Å². The van der Waals surface area contributed by atoms with Gasteiger partial charge in [0.2, 0.25) is 0 Å². The molecule has 1 unspecified atom stereocenters. The van der Waals surface area contributed by atoms with Gasteiger partial charge in [-0.05, 0) is 18.8 Å². The van der Waals surface area contributed by atoms with Crippen LogP contribution < -0.4 is 5.73 Å². The summed E-state index contributed by atoms with van der Waals surface area (Å²) in [5.74, 6) is 0.367. The van der Waals surface area contributed by atoms with Crippen LogP contribution in [0.2, 0.25) is 0 Å². The molecule has 0 aliphatic carbocycles. The summed E-state index contributed by atoms with van der Waals surface area (Å²) in [6.07, 6.45) is 3.78. The van der Waals surface area contributed by atoms with Crippen molar-refractivity contribution in [3.63, 3.8) is 0 Å². The predicted octanol–water partition coefficient (Wildman–Crippen LogP) is -0.265. The Hall–Kier alpha value is -1.47. The van der Waals surface area contributed by atoms with E-state index < -0.39 is 0 Å². The van der Waals surface area contributed by atoms with Gasteiger partial charge in [0.15, 0.2) is 5.69 Å². The molecule has 7 nitrogen and oxygen atoms in total. The maximum atomic E-state index is 12.3. The number of carbonyl (C=O) groups excluding carboxylic acids is 1. The van der Waals surface area contributed by atoms with E-state index in [4.69, 9.17) is 10.5 Å². The van der Waals surface area contributed by atoms with Gasteiger partial charge < -0.3 is 15.4 Å². The van der Waals surface area contributed by atoms with Crippen molar-refractivity contribution in [1.29, 1.82) is 0 Å². The fraction of sp³-hybridized carbons (Fsp3) is 0.750. The average Bonchev–Trinajstić information content (AvgIpc) is 2.88. The molecule has 0 bridgehead atoms. The Balaban J connectivity index is 1.97. The van der Waals surface area contributed by atoms with E-state index in [1.165, 1.54) is 0 Å². The third-order valence-electron chi connectivity index (χ3n) is 3.32. The topological polar surface area (TPSA) is 86.3 Å². The molecular formula is C12H21N5O2. The molecule has 0 aromatic carbocycles. The van der Waals surface area contributed by atoms with Crippen LogP contribution in [0.3, 0.4) is 0 Å². The molecule has 1 amide bonds. The number of ether oxygens (including phenoxy) is 1. The number of hydrogen-bond donors (Lipinski definition) is 1. The van der Waals surface area contributed by atoms with E-state index >= 15 is 0 Å². The molecule has 19 heavy (non-hydrogen) atoms. The van der Waals surface area contributed by atoms with E-state index in [9.17, 15) is 4.79 Å². The average molecular weight is 267 g/mol. The van der Waals surface area contributed by atoms with E-state index in [1.54, 1.807) is 18.0 Å². The highest BCUT2D eigenvalue weighted by molar-refractivity contribution is 5.92. The molecule has 2 N–H and O–H groups in total. The normalized spacial score (nSPS) is 19.7. The number of aromatic nitrogens is 3. The van der Waals surface area contributed by atoms with Crippen molar-refractivity contribution < 1.29 is 9.53 Å². The van der Waals surface area contributed by atoms with Gasteiger partial charge in [-0.25, -0.2) is 0 Å². The lowest BCUT2D eigenvalue weighted by Crippen LogP contribution is -2.41. The number of methoxy groups -OCH3 is 1. The van der Waals surface area contributed by atoms with Gasteiger partial charge in [0.25, 0.3) is 5.91 Å². The minimum Gasteiger partial charge on any atom is -0.384 e. The number of piperidine rings is 1. The predicted molar refractivity (Wildman–Crippen MR) is 69.6 cm³/mol. The first-order valence-electron chi connectivity index (χ1n) is 6.63. The first-order chi connectivity index (χ1) is 9.24. The second-order valence-corrected chi connectivity index (χ2v) is 4.87. The van der Waals surface area contributed by atoms with Gasteiger partial charge in [0.1, 0.15) is 0 Å². The van der Waals surface area contributed by atoms with Gasteiger partial charge in [-0.15, -0.1) is 5.10 Å². The maximum absolute atomic E-state index is 12.3. The number of nitrogens with zero attached hydrogens (tertiary/aromatic N) is 4. The van der Waals surface area contributed by atoms with Crippen LogP contribution in [-0.2, 0) is 11.3 Å². The molecule has 1 aromatic rings. The first kappa shape index (κ1) is 14.0. The van der Waals surface area contributed by atoms with Gasteiger partial charge in [0, 0.05) is 26.7 Å². The summed E-state index contributed by atoms with van der Waals surface area (Å²) in [5, 5.41) is 7.81. The van der Waals surface area contributed by atoms with E-state index in [0.29, 0.717) is 31.3 Å². The number of amides is 1. The quantitative estimate of drug-likeness (QED) is 0.794. The molecule has 1 aliphatic rings. The van der Waals surface area contributed by atoms with E-state index in [2.05, 4.69) is 10.3 Å². The smallest absolute Gasteiger partial charge is 0.276 e. The molecule has 0 spiro atoms. The van der Waals surface area contributed by atoms with Gasteiger partial charge in [-0.2, -0.15) is 0 Å². The summed E-state index contributed by atoms with van der Waals surface area (Å²) in [7, 11) is 1.69. The Morgan fingerprint density at radius 3 is 3.21 bits per heavy atom. The first-order valence-corrected chi connectivity index (χ1v) is 6.63. The third kappa shape index (κ3) is 3.51. The van der Waals surface area contributed by atoms with E-state index in [-0.39, 0.29) is 5.91 Å². The van der Waals surface area contributed by atoms with Crippen molar-refractivity contribution in [2.24, 2.45) is 11.7 Å². The number of carbonyl (C=O) groups is 1. The molecule has 2 heterocycles.